The molecule has 0 radical (unpaired) electrons. The van der Waals surface area contributed by atoms with E-state index in [1.807, 2.05) is 6.07 Å². The van der Waals surface area contributed by atoms with Gasteiger partial charge in [-0.2, -0.15) is 0 Å². The van der Waals surface area contributed by atoms with Crippen LogP contribution in [0.2, 0.25) is 0 Å². The lowest BCUT2D eigenvalue weighted by Crippen LogP contribution is -2.22. The van der Waals surface area contributed by atoms with Crippen molar-refractivity contribution in [3.8, 4) is 11.8 Å². The highest BCUT2D eigenvalue weighted by Crippen LogP contribution is 2.29. The summed E-state index contributed by atoms with van der Waals surface area (Å²) in [6.45, 7) is 8.52. The van der Waals surface area contributed by atoms with Crippen LogP contribution < -0.4 is 5.73 Å². The van der Waals surface area contributed by atoms with E-state index in [-0.39, 0.29) is 0 Å². The molecule has 0 unspecified atom stereocenters. The van der Waals surface area contributed by atoms with Crippen molar-refractivity contribution in [2.45, 2.75) is 26.8 Å². The van der Waals surface area contributed by atoms with E-state index >= 15 is 0 Å². The molecule has 0 aliphatic carbocycles. The summed E-state index contributed by atoms with van der Waals surface area (Å²) in [4.78, 5) is 2.52. The zero-order valence-corrected chi connectivity index (χ0v) is 11.4. The standard InChI is InChI=1S/C16H22N2/c1-16(2)8-10-18(13-16)12-15-6-3-5-14(11-15)7-4-9-17/h3,5-6,11H,8-10,12-13,17H2,1-2H3. The van der Waals surface area contributed by atoms with Crippen molar-refractivity contribution in [1.29, 1.82) is 0 Å². The van der Waals surface area contributed by atoms with Crippen LogP contribution in [0, 0.1) is 17.3 Å². The summed E-state index contributed by atoms with van der Waals surface area (Å²) >= 11 is 0. The van der Waals surface area contributed by atoms with Crippen LogP contribution in [0.1, 0.15) is 31.4 Å². The van der Waals surface area contributed by atoms with Crippen LogP contribution in [-0.2, 0) is 6.54 Å². The van der Waals surface area contributed by atoms with Crippen molar-refractivity contribution >= 4 is 0 Å². The minimum atomic E-state index is 0.421. The molecular weight excluding hydrogens is 220 g/mol. The normalized spacial score (nSPS) is 18.4. The quantitative estimate of drug-likeness (QED) is 0.806. The Hall–Kier alpha value is -1.30. The molecule has 2 heteroatoms. The molecule has 2 N–H and O–H groups in total. The van der Waals surface area contributed by atoms with Gasteiger partial charge >= 0.3 is 0 Å². The molecule has 2 rings (SSSR count). The monoisotopic (exact) mass is 242 g/mol. The molecule has 1 saturated heterocycles. The largest absolute Gasteiger partial charge is 0.320 e. The fourth-order valence-corrected chi connectivity index (χ4v) is 2.52. The smallest absolute Gasteiger partial charge is 0.0555 e. The van der Waals surface area contributed by atoms with Gasteiger partial charge in [0.1, 0.15) is 0 Å². The van der Waals surface area contributed by atoms with E-state index in [2.05, 4.69) is 48.8 Å². The first-order valence-corrected chi connectivity index (χ1v) is 6.59. The lowest BCUT2D eigenvalue weighted by atomic mass is 9.93. The second-order valence-electron chi connectivity index (χ2n) is 5.83. The van der Waals surface area contributed by atoms with E-state index < -0.39 is 0 Å². The topological polar surface area (TPSA) is 29.3 Å². The zero-order valence-electron chi connectivity index (χ0n) is 11.4. The minimum Gasteiger partial charge on any atom is -0.320 e. The number of hydrogen-bond acceptors (Lipinski definition) is 2. The summed E-state index contributed by atoms with van der Waals surface area (Å²) in [5.41, 5.74) is 8.27. The van der Waals surface area contributed by atoms with Gasteiger partial charge in [0.05, 0.1) is 6.54 Å². The highest BCUT2D eigenvalue weighted by Gasteiger charge is 2.28. The Labute approximate surface area is 110 Å². The molecule has 1 heterocycles. The lowest BCUT2D eigenvalue weighted by molar-refractivity contribution is 0.284. The molecule has 0 spiro atoms. The third-order valence-electron chi connectivity index (χ3n) is 3.42. The SMILES string of the molecule is CC1(C)CCN(Cc2cccc(C#CCN)c2)C1. The molecule has 0 aromatic heterocycles. The van der Waals surface area contributed by atoms with Gasteiger partial charge in [0.15, 0.2) is 0 Å². The molecule has 0 bridgehead atoms. The number of likely N-dealkylation sites (tertiary alicyclic amines) is 1. The molecule has 1 aromatic carbocycles. The first-order chi connectivity index (χ1) is 8.59. The Bertz CT molecular complexity index is 465. The molecule has 96 valence electrons. The van der Waals surface area contributed by atoms with Crippen LogP contribution in [0.15, 0.2) is 24.3 Å². The van der Waals surface area contributed by atoms with Gasteiger partial charge in [0, 0.05) is 18.7 Å². The van der Waals surface area contributed by atoms with Crippen LogP contribution >= 0.6 is 0 Å². The Morgan fingerprint density at radius 1 is 1.39 bits per heavy atom. The highest BCUT2D eigenvalue weighted by molar-refractivity contribution is 5.37. The molecule has 1 aromatic rings. The minimum absolute atomic E-state index is 0.421. The number of rotatable bonds is 2. The molecule has 1 fully saturated rings. The molecule has 0 saturated carbocycles. The van der Waals surface area contributed by atoms with Crippen molar-refractivity contribution < 1.29 is 0 Å². The maximum absolute atomic E-state index is 5.39. The molecule has 1 aliphatic rings. The third kappa shape index (κ3) is 3.60. The van der Waals surface area contributed by atoms with E-state index in [0.29, 0.717) is 12.0 Å². The van der Waals surface area contributed by atoms with Gasteiger partial charge in [-0.05, 0) is 36.1 Å². The van der Waals surface area contributed by atoms with E-state index in [1.165, 1.54) is 25.1 Å². The predicted molar refractivity (Wildman–Crippen MR) is 76.0 cm³/mol. The maximum Gasteiger partial charge on any atom is 0.0555 e. The summed E-state index contributed by atoms with van der Waals surface area (Å²) in [6, 6.07) is 8.48. The predicted octanol–water partition coefficient (Wildman–Crippen LogP) is 2.23. The van der Waals surface area contributed by atoms with Gasteiger partial charge in [-0.1, -0.05) is 37.8 Å². The number of nitrogens with two attached hydrogens (primary N) is 1. The Kier molecular flexibility index (Phi) is 4.06. The molecule has 0 atom stereocenters. The van der Waals surface area contributed by atoms with Crippen LogP contribution in [0.25, 0.3) is 0 Å². The summed E-state index contributed by atoms with van der Waals surface area (Å²) in [7, 11) is 0. The lowest BCUT2D eigenvalue weighted by Gasteiger charge is -2.19. The molecule has 2 nitrogen and oxygen atoms in total. The Morgan fingerprint density at radius 2 is 2.22 bits per heavy atom. The van der Waals surface area contributed by atoms with Crippen LogP contribution in [0.4, 0.5) is 0 Å². The average molecular weight is 242 g/mol. The van der Waals surface area contributed by atoms with Crippen LogP contribution in [-0.4, -0.2) is 24.5 Å². The van der Waals surface area contributed by atoms with Gasteiger partial charge in [-0.25, -0.2) is 0 Å². The van der Waals surface area contributed by atoms with E-state index in [4.69, 9.17) is 5.73 Å². The molecular formula is C16H22N2. The van der Waals surface area contributed by atoms with Crippen molar-refractivity contribution in [3.05, 3.63) is 35.4 Å². The third-order valence-corrected chi connectivity index (χ3v) is 3.42. The second kappa shape index (κ2) is 5.56. The first-order valence-electron chi connectivity index (χ1n) is 6.59. The molecule has 0 amide bonds. The Balaban J connectivity index is 2.02. The summed E-state index contributed by atoms with van der Waals surface area (Å²) in [5, 5.41) is 0. The van der Waals surface area contributed by atoms with Gasteiger partial charge in [-0.3, -0.25) is 4.90 Å². The summed E-state index contributed by atoms with van der Waals surface area (Å²) in [6.07, 6.45) is 1.29. The van der Waals surface area contributed by atoms with Crippen LogP contribution in [0.5, 0.6) is 0 Å². The van der Waals surface area contributed by atoms with E-state index in [1.54, 1.807) is 0 Å². The Morgan fingerprint density at radius 3 is 2.89 bits per heavy atom. The van der Waals surface area contributed by atoms with Crippen LogP contribution in [0.3, 0.4) is 0 Å². The number of hydrogen-bond donors (Lipinski definition) is 1. The van der Waals surface area contributed by atoms with E-state index in [9.17, 15) is 0 Å². The van der Waals surface area contributed by atoms with Crippen molar-refractivity contribution in [2.24, 2.45) is 11.1 Å². The highest BCUT2D eigenvalue weighted by atomic mass is 15.1. The maximum atomic E-state index is 5.39. The van der Waals surface area contributed by atoms with Gasteiger partial charge in [0.25, 0.3) is 0 Å². The summed E-state index contributed by atoms with van der Waals surface area (Å²) < 4.78 is 0. The van der Waals surface area contributed by atoms with Gasteiger partial charge < -0.3 is 5.73 Å². The van der Waals surface area contributed by atoms with Crippen molar-refractivity contribution in [3.63, 3.8) is 0 Å². The average Bonchev–Trinajstić information content (AvgIpc) is 2.66. The van der Waals surface area contributed by atoms with E-state index in [0.717, 1.165) is 12.1 Å². The van der Waals surface area contributed by atoms with Crippen molar-refractivity contribution in [2.75, 3.05) is 19.6 Å². The second-order valence-corrected chi connectivity index (χ2v) is 5.83. The summed E-state index contributed by atoms with van der Waals surface area (Å²) in [5.74, 6) is 6.00. The van der Waals surface area contributed by atoms with Gasteiger partial charge in [-0.15, -0.1) is 0 Å². The molecule has 1 aliphatic heterocycles. The fourth-order valence-electron chi connectivity index (χ4n) is 2.52. The fraction of sp³-hybridized carbons (Fsp3) is 0.500. The van der Waals surface area contributed by atoms with Crippen molar-refractivity contribution in [1.82, 2.24) is 4.90 Å². The van der Waals surface area contributed by atoms with Gasteiger partial charge in [0.2, 0.25) is 0 Å². The zero-order chi connectivity index (χ0) is 13.0. The number of nitrogens with zero attached hydrogens (tertiary/aromatic N) is 1. The number of benzene rings is 1. The first kappa shape index (κ1) is 13.1. The molecule has 18 heavy (non-hydrogen) atoms.